The number of nitrogens with one attached hydrogen (secondary N) is 1. The van der Waals surface area contributed by atoms with Gasteiger partial charge in [-0.3, -0.25) is 0 Å². The van der Waals surface area contributed by atoms with Crippen molar-refractivity contribution in [3.8, 4) is 5.75 Å². The number of benzene rings is 2. The Morgan fingerprint density at radius 1 is 1.05 bits per heavy atom. The highest BCUT2D eigenvalue weighted by Crippen LogP contribution is 2.32. The monoisotopic (exact) mass is 297 g/mol. The van der Waals surface area contributed by atoms with Crippen LogP contribution in [0.2, 0.25) is 0 Å². The molecule has 1 heterocycles. The van der Waals surface area contributed by atoms with Crippen molar-refractivity contribution in [1.29, 1.82) is 0 Å². The van der Waals surface area contributed by atoms with Crippen LogP contribution in [0.5, 0.6) is 5.75 Å². The van der Waals surface area contributed by atoms with Gasteiger partial charge in [0.2, 0.25) is 0 Å². The Kier molecular flexibility index (Phi) is 4.76. The van der Waals surface area contributed by atoms with Crippen molar-refractivity contribution in [2.75, 3.05) is 13.7 Å². The number of hydrogen-bond donors (Lipinski definition) is 2. The van der Waals surface area contributed by atoms with E-state index < -0.39 is 0 Å². The molecule has 3 heteroatoms. The first kappa shape index (κ1) is 15.1. The molecule has 0 spiro atoms. The van der Waals surface area contributed by atoms with Gasteiger partial charge in [-0.15, -0.1) is 0 Å². The zero-order valence-corrected chi connectivity index (χ0v) is 12.9. The van der Waals surface area contributed by atoms with Crippen LogP contribution < -0.4 is 10.1 Å². The van der Waals surface area contributed by atoms with Crippen LogP contribution in [0.25, 0.3) is 0 Å². The second-order valence-electron chi connectivity index (χ2n) is 5.85. The van der Waals surface area contributed by atoms with E-state index >= 15 is 0 Å². The average molecular weight is 297 g/mol. The Bertz CT molecular complexity index is 582. The molecule has 0 aliphatic carbocycles. The number of aliphatic hydroxyl groups is 1. The Morgan fingerprint density at radius 2 is 1.73 bits per heavy atom. The summed E-state index contributed by atoms with van der Waals surface area (Å²) in [5, 5.41) is 14.0. The Hall–Kier alpha value is -1.84. The molecule has 3 nitrogen and oxygen atoms in total. The molecule has 3 unspecified atom stereocenters. The molecule has 0 radical (unpaired) electrons. The minimum Gasteiger partial charge on any atom is -0.497 e. The standard InChI is InChI=1S/C19H23NO2/c1-22-16-11-9-15(10-12-16)18(14-6-3-2-4-7-14)19-17(21)8-5-13-20-19/h2-4,6-7,9-12,17-21H,5,8,13H2,1H3. The fourth-order valence-corrected chi connectivity index (χ4v) is 3.31. The summed E-state index contributed by atoms with van der Waals surface area (Å²) in [6, 6.07) is 18.6. The highest BCUT2D eigenvalue weighted by atomic mass is 16.5. The Labute approximate surface area is 131 Å². The van der Waals surface area contributed by atoms with Crippen molar-refractivity contribution in [1.82, 2.24) is 5.32 Å². The summed E-state index contributed by atoms with van der Waals surface area (Å²) < 4.78 is 5.26. The van der Waals surface area contributed by atoms with E-state index in [4.69, 9.17) is 4.74 Å². The normalized spacial score (nSPS) is 23.0. The average Bonchev–Trinajstić information content (AvgIpc) is 2.58. The first-order valence-electron chi connectivity index (χ1n) is 7.90. The quantitative estimate of drug-likeness (QED) is 0.911. The van der Waals surface area contributed by atoms with Crippen LogP contribution in [-0.4, -0.2) is 30.9 Å². The minimum atomic E-state index is -0.318. The number of piperidine rings is 1. The molecule has 2 N–H and O–H groups in total. The van der Waals surface area contributed by atoms with Crippen LogP contribution in [0, 0.1) is 0 Å². The first-order valence-corrected chi connectivity index (χ1v) is 7.90. The molecule has 1 saturated heterocycles. The van der Waals surface area contributed by atoms with Gasteiger partial charge in [0, 0.05) is 12.0 Å². The Balaban J connectivity index is 1.98. The maximum atomic E-state index is 10.5. The van der Waals surface area contributed by atoms with Crippen molar-refractivity contribution < 1.29 is 9.84 Å². The molecule has 3 atom stereocenters. The summed E-state index contributed by atoms with van der Waals surface area (Å²) in [6.07, 6.45) is 1.57. The van der Waals surface area contributed by atoms with Crippen LogP contribution in [0.1, 0.15) is 29.9 Å². The third kappa shape index (κ3) is 3.16. The van der Waals surface area contributed by atoms with Crippen LogP contribution >= 0.6 is 0 Å². The lowest BCUT2D eigenvalue weighted by molar-refractivity contribution is 0.0890. The van der Waals surface area contributed by atoms with Gasteiger partial charge >= 0.3 is 0 Å². The number of ether oxygens (including phenoxy) is 1. The maximum absolute atomic E-state index is 10.5. The number of methoxy groups -OCH3 is 1. The van der Waals surface area contributed by atoms with Gasteiger partial charge in [0.15, 0.2) is 0 Å². The summed E-state index contributed by atoms with van der Waals surface area (Å²) in [5.74, 6) is 0.995. The van der Waals surface area contributed by atoms with E-state index in [0.717, 1.165) is 25.1 Å². The molecule has 2 aromatic rings. The van der Waals surface area contributed by atoms with Crippen LogP contribution in [0.4, 0.5) is 0 Å². The number of aliphatic hydroxyl groups excluding tert-OH is 1. The second-order valence-corrected chi connectivity index (χ2v) is 5.85. The van der Waals surface area contributed by atoms with E-state index in [1.165, 1.54) is 11.1 Å². The highest BCUT2D eigenvalue weighted by Gasteiger charge is 2.32. The highest BCUT2D eigenvalue weighted by molar-refractivity contribution is 5.38. The van der Waals surface area contributed by atoms with Gasteiger partial charge in [0.1, 0.15) is 5.75 Å². The lowest BCUT2D eigenvalue weighted by atomic mass is 9.80. The fourth-order valence-electron chi connectivity index (χ4n) is 3.31. The predicted octanol–water partition coefficient (Wildman–Crippen LogP) is 2.94. The third-order valence-electron chi connectivity index (χ3n) is 4.46. The zero-order valence-electron chi connectivity index (χ0n) is 12.9. The van der Waals surface area contributed by atoms with Crippen LogP contribution in [-0.2, 0) is 0 Å². The second kappa shape index (κ2) is 6.95. The molecule has 1 fully saturated rings. The van der Waals surface area contributed by atoms with E-state index in [2.05, 4.69) is 41.7 Å². The van der Waals surface area contributed by atoms with Gasteiger partial charge in [-0.2, -0.15) is 0 Å². The number of rotatable bonds is 4. The van der Waals surface area contributed by atoms with Crippen molar-refractivity contribution in [3.05, 3.63) is 65.7 Å². The lowest BCUT2D eigenvalue weighted by Gasteiger charge is -2.36. The van der Waals surface area contributed by atoms with Gasteiger partial charge in [-0.1, -0.05) is 42.5 Å². The molecule has 0 aromatic heterocycles. The third-order valence-corrected chi connectivity index (χ3v) is 4.46. The SMILES string of the molecule is COc1ccc(C(c2ccccc2)C2NCCCC2O)cc1. The smallest absolute Gasteiger partial charge is 0.118 e. The van der Waals surface area contributed by atoms with Gasteiger partial charge in [-0.25, -0.2) is 0 Å². The van der Waals surface area contributed by atoms with Gasteiger partial charge in [0.25, 0.3) is 0 Å². The van der Waals surface area contributed by atoms with E-state index in [-0.39, 0.29) is 18.1 Å². The first-order chi connectivity index (χ1) is 10.8. The largest absolute Gasteiger partial charge is 0.497 e. The van der Waals surface area contributed by atoms with E-state index in [1.807, 2.05) is 18.2 Å². The molecule has 22 heavy (non-hydrogen) atoms. The van der Waals surface area contributed by atoms with Gasteiger partial charge in [0.05, 0.1) is 13.2 Å². The summed E-state index contributed by atoms with van der Waals surface area (Å²) in [7, 11) is 1.68. The molecular formula is C19H23NO2. The summed E-state index contributed by atoms with van der Waals surface area (Å²) in [4.78, 5) is 0. The van der Waals surface area contributed by atoms with Crippen molar-refractivity contribution in [2.24, 2.45) is 0 Å². The molecule has 2 aromatic carbocycles. The zero-order chi connectivity index (χ0) is 15.4. The molecule has 0 bridgehead atoms. The maximum Gasteiger partial charge on any atom is 0.118 e. The predicted molar refractivity (Wildman–Crippen MR) is 88.3 cm³/mol. The van der Waals surface area contributed by atoms with Crippen LogP contribution in [0.3, 0.4) is 0 Å². The van der Waals surface area contributed by atoms with E-state index in [0.29, 0.717) is 0 Å². The summed E-state index contributed by atoms with van der Waals surface area (Å²) in [5.41, 5.74) is 2.43. The lowest BCUT2D eigenvalue weighted by Crippen LogP contribution is -2.48. The molecular weight excluding hydrogens is 274 g/mol. The van der Waals surface area contributed by atoms with Crippen molar-refractivity contribution >= 4 is 0 Å². The van der Waals surface area contributed by atoms with Crippen LogP contribution in [0.15, 0.2) is 54.6 Å². The van der Waals surface area contributed by atoms with Crippen molar-refractivity contribution in [3.63, 3.8) is 0 Å². The van der Waals surface area contributed by atoms with Gasteiger partial charge < -0.3 is 15.2 Å². The molecule has 116 valence electrons. The molecule has 1 aliphatic heterocycles. The van der Waals surface area contributed by atoms with Crippen molar-refractivity contribution in [2.45, 2.75) is 30.9 Å². The summed E-state index contributed by atoms with van der Waals surface area (Å²) >= 11 is 0. The summed E-state index contributed by atoms with van der Waals surface area (Å²) in [6.45, 7) is 0.960. The van der Waals surface area contributed by atoms with E-state index in [1.54, 1.807) is 7.11 Å². The minimum absolute atomic E-state index is 0.0459. The molecule has 0 amide bonds. The Morgan fingerprint density at radius 3 is 2.36 bits per heavy atom. The van der Waals surface area contributed by atoms with E-state index in [9.17, 15) is 5.11 Å². The molecule has 1 aliphatic rings. The molecule has 0 saturated carbocycles. The number of hydrogen-bond acceptors (Lipinski definition) is 3. The molecule has 3 rings (SSSR count). The van der Waals surface area contributed by atoms with Gasteiger partial charge in [-0.05, 0) is 42.6 Å². The topological polar surface area (TPSA) is 41.5 Å². The fraction of sp³-hybridized carbons (Fsp3) is 0.368.